The number of carbonyl (C=O) groups is 1. The molecule has 2 aliphatic carbocycles. The normalized spacial score (nSPS) is 19.3. The molecule has 1 aromatic rings. The van der Waals surface area contributed by atoms with E-state index in [4.69, 9.17) is 0 Å². The minimum absolute atomic E-state index is 0.283. The van der Waals surface area contributed by atoms with Crippen molar-refractivity contribution in [3.05, 3.63) is 67.0 Å². The standard InChI is InChI=1S/C17H13O/c18-17(16-11-12-16)15-9-7-14(8-10-15)6-5-13-3-1-2-4-13/h1-4,7-10,16H,11-12H2. The number of Topliss-reactive ketones (excluding diaryl/α,β-unsaturated/α-hetero) is 1. The van der Waals surface area contributed by atoms with Crippen molar-refractivity contribution in [3.63, 3.8) is 0 Å². The van der Waals surface area contributed by atoms with E-state index in [9.17, 15) is 4.79 Å². The van der Waals surface area contributed by atoms with Crippen LogP contribution in [0.25, 0.3) is 0 Å². The van der Waals surface area contributed by atoms with E-state index in [1.807, 2.05) is 49.9 Å². The van der Waals surface area contributed by atoms with Crippen molar-refractivity contribution in [1.82, 2.24) is 0 Å². The third-order valence-electron chi connectivity index (χ3n) is 3.13. The largest absolute Gasteiger partial charge is 0.294 e. The fraction of sp³-hybridized carbons (Fsp3) is 0.176. The zero-order valence-corrected chi connectivity index (χ0v) is 10.0. The van der Waals surface area contributed by atoms with Gasteiger partial charge in [-0.25, -0.2) is 0 Å². The van der Waals surface area contributed by atoms with Crippen molar-refractivity contribution in [2.24, 2.45) is 5.92 Å². The van der Waals surface area contributed by atoms with E-state index in [0.29, 0.717) is 0 Å². The van der Waals surface area contributed by atoms with Gasteiger partial charge in [0.05, 0.1) is 5.92 Å². The molecule has 0 spiro atoms. The molecule has 2 saturated carbocycles. The molecule has 0 bridgehead atoms. The van der Waals surface area contributed by atoms with E-state index < -0.39 is 0 Å². The molecule has 0 amide bonds. The Morgan fingerprint density at radius 2 is 1.67 bits per heavy atom. The summed E-state index contributed by atoms with van der Waals surface area (Å²) in [7, 11) is 0. The first kappa shape index (κ1) is 11.5. The van der Waals surface area contributed by atoms with Gasteiger partial charge in [0.1, 0.15) is 0 Å². The maximum absolute atomic E-state index is 11.8. The van der Waals surface area contributed by atoms with E-state index in [0.717, 1.165) is 29.9 Å². The highest BCUT2D eigenvalue weighted by molar-refractivity contribution is 5.99. The van der Waals surface area contributed by atoms with Crippen LogP contribution in [0.1, 0.15) is 28.8 Å². The zero-order chi connectivity index (χ0) is 12.4. The molecule has 0 heterocycles. The molecule has 3 rings (SSSR count). The average Bonchev–Trinajstić information content (AvgIpc) is 3.13. The van der Waals surface area contributed by atoms with Crippen LogP contribution < -0.4 is 0 Å². The highest BCUT2D eigenvalue weighted by Gasteiger charge is 2.30. The van der Waals surface area contributed by atoms with Crippen molar-refractivity contribution in [3.8, 4) is 11.8 Å². The lowest BCUT2D eigenvalue weighted by Crippen LogP contribution is -2.00. The Labute approximate surface area is 109 Å². The van der Waals surface area contributed by atoms with Crippen LogP contribution >= 0.6 is 0 Å². The highest BCUT2D eigenvalue weighted by Crippen LogP contribution is 2.32. The summed E-state index contributed by atoms with van der Waals surface area (Å²) in [6.07, 6.45) is 10.0. The molecule has 2 fully saturated rings. The van der Waals surface area contributed by atoms with E-state index in [1.54, 1.807) is 0 Å². The molecule has 1 aromatic carbocycles. The molecular formula is C17H13O. The molecule has 87 valence electrons. The summed E-state index contributed by atoms with van der Waals surface area (Å²) < 4.78 is 0. The zero-order valence-electron chi connectivity index (χ0n) is 10.0. The van der Waals surface area contributed by atoms with E-state index in [2.05, 4.69) is 11.8 Å². The van der Waals surface area contributed by atoms with Crippen LogP contribution in [0, 0.1) is 49.4 Å². The Kier molecular flexibility index (Phi) is 3.19. The molecule has 0 atom stereocenters. The molecule has 1 heteroatoms. The Morgan fingerprint density at radius 3 is 2.28 bits per heavy atom. The van der Waals surface area contributed by atoms with Crippen LogP contribution in [0.4, 0.5) is 0 Å². The number of benzene rings is 1. The van der Waals surface area contributed by atoms with Crippen molar-refractivity contribution < 1.29 is 4.79 Å². The van der Waals surface area contributed by atoms with Crippen molar-refractivity contribution >= 4 is 5.78 Å². The molecule has 0 aromatic heterocycles. The summed E-state index contributed by atoms with van der Waals surface area (Å²) in [5.41, 5.74) is 1.76. The number of hydrogen-bond donors (Lipinski definition) is 0. The molecular weight excluding hydrogens is 220 g/mol. The van der Waals surface area contributed by atoms with Gasteiger partial charge in [-0.05, 0) is 50.7 Å². The molecule has 2 aliphatic rings. The molecule has 0 unspecified atom stereocenters. The topological polar surface area (TPSA) is 17.1 Å². The predicted molar refractivity (Wildman–Crippen MR) is 70.8 cm³/mol. The predicted octanol–water partition coefficient (Wildman–Crippen LogP) is 3.04. The summed E-state index contributed by atoms with van der Waals surface area (Å²) in [5, 5.41) is 0. The molecule has 18 heavy (non-hydrogen) atoms. The second-order valence-corrected chi connectivity index (χ2v) is 4.64. The van der Waals surface area contributed by atoms with Gasteiger partial charge in [0.15, 0.2) is 5.78 Å². The first-order chi connectivity index (χ1) is 8.83. The second kappa shape index (κ2) is 4.98. The van der Waals surface area contributed by atoms with Crippen LogP contribution in [0.3, 0.4) is 0 Å². The van der Waals surface area contributed by atoms with Gasteiger partial charge in [-0.3, -0.25) is 4.79 Å². The summed E-state index contributed by atoms with van der Waals surface area (Å²) in [6.45, 7) is 0. The smallest absolute Gasteiger partial charge is 0.165 e. The Balaban J connectivity index is 1.68. The minimum atomic E-state index is 0.283. The number of rotatable bonds is 2. The Hall–Kier alpha value is -1.55. The SMILES string of the molecule is O=C(c1ccc(C#C[C]2[CH][CH][CH][CH]2)cc1)C1CC1. The van der Waals surface area contributed by atoms with Gasteiger partial charge in [-0.1, -0.05) is 24.0 Å². The second-order valence-electron chi connectivity index (χ2n) is 4.64. The van der Waals surface area contributed by atoms with Gasteiger partial charge in [0, 0.05) is 17.0 Å². The van der Waals surface area contributed by atoms with Gasteiger partial charge in [0.2, 0.25) is 0 Å². The molecule has 1 nitrogen and oxygen atoms in total. The van der Waals surface area contributed by atoms with Crippen LogP contribution in [0.15, 0.2) is 24.3 Å². The van der Waals surface area contributed by atoms with Crippen LogP contribution in [0.5, 0.6) is 0 Å². The van der Waals surface area contributed by atoms with Gasteiger partial charge in [-0.15, -0.1) is 0 Å². The lowest BCUT2D eigenvalue weighted by atomic mass is 10.0. The Bertz CT molecular complexity index is 491. The number of ketones is 1. The van der Waals surface area contributed by atoms with Crippen molar-refractivity contribution in [2.75, 3.05) is 0 Å². The van der Waals surface area contributed by atoms with Crippen molar-refractivity contribution in [2.45, 2.75) is 12.8 Å². The fourth-order valence-electron chi connectivity index (χ4n) is 1.90. The van der Waals surface area contributed by atoms with E-state index >= 15 is 0 Å². The molecule has 0 saturated heterocycles. The van der Waals surface area contributed by atoms with Crippen molar-refractivity contribution in [1.29, 1.82) is 0 Å². The third-order valence-corrected chi connectivity index (χ3v) is 3.13. The van der Waals surface area contributed by atoms with Gasteiger partial charge >= 0.3 is 0 Å². The quantitative estimate of drug-likeness (QED) is 0.567. The highest BCUT2D eigenvalue weighted by atomic mass is 16.1. The first-order valence-corrected chi connectivity index (χ1v) is 6.21. The lowest BCUT2D eigenvalue weighted by molar-refractivity contribution is 0.0967. The van der Waals surface area contributed by atoms with Crippen LogP contribution in [-0.2, 0) is 0 Å². The number of carbonyl (C=O) groups excluding carboxylic acids is 1. The molecule has 0 aliphatic heterocycles. The summed E-state index contributed by atoms with van der Waals surface area (Å²) in [4.78, 5) is 11.8. The Morgan fingerprint density at radius 1 is 1.00 bits per heavy atom. The maximum Gasteiger partial charge on any atom is 0.165 e. The van der Waals surface area contributed by atoms with Crippen LogP contribution in [-0.4, -0.2) is 5.78 Å². The fourth-order valence-corrected chi connectivity index (χ4v) is 1.90. The summed E-state index contributed by atoms with van der Waals surface area (Å²) in [5.74, 6) is 7.77. The molecule has 5 radical (unpaired) electrons. The monoisotopic (exact) mass is 233 g/mol. The van der Waals surface area contributed by atoms with Gasteiger partial charge in [-0.2, -0.15) is 0 Å². The first-order valence-electron chi connectivity index (χ1n) is 6.21. The van der Waals surface area contributed by atoms with E-state index in [1.165, 1.54) is 0 Å². The summed E-state index contributed by atoms with van der Waals surface area (Å²) in [6, 6.07) is 7.61. The summed E-state index contributed by atoms with van der Waals surface area (Å²) >= 11 is 0. The van der Waals surface area contributed by atoms with Gasteiger partial charge in [0.25, 0.3) is 0 Å². The van der Waals surface area contributed by atoms with E-state index in [-0.39, 0.29) is 11.7 Å². The number of hydrogen-bond acceptors (Lipinski definition) is 1. The molecule has 0 N–H and O–H groups in total. The minimum Gasteiger partial charge on any atom is -0.294 e. The third kappa shape index (κ3) is 2.64. The maximum atomic E-state index is 11.8. The lowest BCUT2D eigenvalue weighted by Gasteiger charge is -1.99. The van der Waals surface area contributed by atoms with Gasteiger partial charge < -0.3 is 0 Å². The van der Waals surface area contributed by atoms with Crippen LogP contribution in [0.2, 0.25) is 0 Å². The average molecular weight is 233 g/mol.